The second kappa shape index (κ2) is 5.79. The lowest BCUT2D eigenvalue weighted by Gasteiger charge is -2.24. The van der Waals surface area contributed by atoms with Gasteiger partial charge in [0.05, 0.1) is 18.1 Å². The Morgan fingerprint density at radius 2 is 1.95 bits per heavy atom. The summed E-state index contributed by atoms with van der Waals surface area (Å²) in [5, 5.41) is 9.75. The lowest BCUT2D eigenvalue weighted by Crippen LogP contribution is -2.30. The molecule has 1 aliphatic rings. The van der Waals surface area contributed by atoms with E-state index in [9.17, 15) is 5.11 Å². The lowest BCUT2D eigenvalue weighted by atomic mass is 10.3. The van der Waals surface area contributed by atoms with Gasteiger partial charge in [0, 0.05) is 19.6 Å². The van der Waals surface area contributed by atoms with Gasteiger partial charge in [-0.1, -0.05) is 13.8 Å². The Labute approximate surface area is 112 Å². The first kappa shape index (κ1) is 13.5. The van der Waals surface area contributed by atoms with Crippen LogP contribution >= 0.6 is 0 Å². The van der Waals surface area contributed by atoms with E-state index < -0.39 is 0 Å². The number of aromatic nitrogens is 4. The molecule has 0 unspecified atom stereocenters. The summed E-state index contributed by atoms with van der Waals surface area (Å²) < 4.78 is 2.10. The highest BCUT2D eigenvalue weighted by molar-refractivity contribution is 5.58. The summed E-state index contributed by atoms with van der Waals surface area (Å²) in [5.74, 6) is 0.785. The smallest absolute Gasteiger partial charge is 0.163 e. The van der Waals surface area contributed by atoms with Crippen LogP contribution in [0, 0.1) is 0 Å². The van der Waals surface area contributed by atoms with E-state index in [4.69, 9.17) is 0 Å². The van der Waals surface area contributed by atoms with Crippen molar-refractivity contribution < 1.29 is 5.11 Å². The van der Waals surface area contributed by atoms with E-state index in [1.165, 1.54) is 12.5 Å². The molecule has 0 atom stereocenters. The van der Waals surface area contributed by atoms with Crippen LogP contribution in [-0.4, -0.2) is 43.1 Å². The Bertz CT molecular complexity index is 552. The summed E-state index contributed by atoms with van der Waals surface area (Å²) in [6.07, 6.45) is 4.65. The summed E-state index contributed by atoms with van der Waals surface area (Å²) in [5.41, 5.74) is 1.64. The normalized spacial score (nSPS) is 14.5. The average molecular weight is 261 g/mol. The Morgan fingerprint density at radius 3 is 2.68 bits per heavy atom. The fraction of sp³-hybridized carbons (Fsp3) is 0.462. The number of hydrogen-bond acceptors (Lipinski definition) is 5. The quantitative estimate of drug-likeness (QED) is 0.843. The monoisotopic (exact) mass is 261 g/mol. The van der Waals surface area contributed by atoms with Crippen LogP contribution in [0.1, 0.15) is 19.5 Å². The molecule has 6 nitrogen and oxygen atoms in total. The van der Waals surface area contributed by atoms with Gasteiger partial charge in [0.25, 0.3) is 0 Å². The van der Waals surface area contributed by atoms with Gasteiger partial charge in [-0.2, -0.15) is 0 Å². The molecule has 0 saturated carbocycles. The highest BCUT2D eigenvalue weighted by Gasteiger charge is 2.20. The number of fused-ring (bicyclic) bond motifs is 1. The zero-order valence-electron chi connectivity index (χ0n) is 11.5. The molecule has 0 amide bonds. The van der Waals surface area contributed by atoms with Gasteiger partial charge < -0.3 is 9.67 Å². The Kier molecular flexibility index (Phi) is 4.11. The van der Waals surface area contributed by atoms with Crippen molar-refractivity contribution in [3.05, 3.63) is 24.4 Å². The maximum absolute atomic E-state index is 9.75. The molecular weight excluding hydrogens is 242 g/mol. The first-order chi connectivity index (χ1) is 9.25. The molecule has 1 aliphatic heterocycles. The van der Waals surface area contributed by atoms with E-state index in [1.807, 2.05) is 20.0 Å². The SMILES string of the molecule is CC.CN1CCn2c(cnc2-c2ncncc2O)C1. The molecule has 102 valence electrons. The Morgan fingerprint density at radius 1 is 1.16 bits per heavy atom. The van der Waals surface area contributed by atoms with Gasteiger partial charge in [-0.15, -0.1) is 0 Å². The van der Waals surface area contributed by atoms with E-state index in [0.717, 1.165) is 25.3 Å². The summed E-state index contributed by atoms with van der Waals surface area (Å²) in [7, 11) is 2.08. The molecule has 0 spiro atoms. The largest absolute Gasteiger partial charge is 0.504 e. The minimum atomic E-state index is 0.0693. The molecule has 3 rings (SSSR count). The highest BCUT2D eigenvalue weighted by atomic mass is 16.3. The van der Waals surface area contributed by atoms with Crippen molar-refractivity contribution in [3.8, 4) is 17.3 Å². The number of rotatable bonds is 1. The van der Waals surface area contributed by atoms with Gasteiger partial charge >= 0.3 is 0 Å². The molecule has 3 heterocycles. The molecule has 2 aromatic rings. The first-order valence-corrected chi connectivity index (χ1v) is 6.48. The molecule has 0 radical (unpaired) electrons. The van der Waals surface area contributed by atoms with Crippen molar-refractivity contribution in [3.63, 3.8) is 0 Å². The summed E-state index contributed by atoms with van der Waals surface area (Å²) in [6, 6.07) is 0. The second-order valence-corrected chi connectivity index (χ2v) is 4.22. The van der Waals surface area contributed by atoms with Crippen LogP contribution in [0.25, 0.3) is 11.5 Å². The third-order valence-corrected chi connectivity index (χ3v) is 2.98. The fourth-order valence-corrected chi connectivity index (χ4v) is 2.10. The van der Waals surface area contributed by atoms with Gasteiger partial charge in [0.2, 0.25) is 0 Å². The molecule has 0 saturated heterocycles. The molecular formula is C13H19N5O. The van der Waals surface area contributed by atoms with Crippen LogP contribution in [0.4, 0.5) is 0 Å². The van der Waals surface area contributed by atoms with Gasteiger partial charge in [0.15, 0.2) is 17.3 Å². The maximum Gasteiger partial charge on any atom is 0.163 e. The standard InChI is InChI=1S/C11H13N5O.C2H6/c1-15-2-3-16-8(6-15)4-13-11(16)10-9(17)5-12-7-14-10;1-2/h4-5,7,17H,2-3,6H2,1H3;1-2H3. The zero-order valence-corrected chi connectivity index (χ0v) is 11.5. The molecule has 0 bridgehead atoms. The maximum atomic E-state index is 9.75. The number of hydrogen-bond donors (Lipinski definition) is 1. The van der Waals surface area contributed by atoms with Crippen LogP contribution in [0.5, 0.6) is 5.75 Å². The van der Waals surface area contributed by atoms with Crippen LogP contribution in [0.15, 0.2) is 18.7 Å². The molecule has 0 aromatic carbocycles. The molecule has 19 heavy (non-hydrogen) atoms. The molecule has 0 aliphatic carbocycles. The third-order valence-electron chi connectivity index (χ3n) is 2.98. The first-order valence-electron chi connectivity index (χ1n) is 6.48. The van der Waals surface area contributed by atoms with E-state index in [1.54, 1.807) is 0 Å². The zero-order chi connectivity index (χ0) is 13.8. The Balaban J connectivity index is 0.000000637. The van der Waals surface area contributed by atoms with Gasteiger partial charge in [-0.25, -0.2) is 15.0 Å². The van der Waals surface area contributed by atoms with Gasteiger partial charge in [-0.05, 0) is 7.05 Å². The average Bonchev–Trinajstić information content (AvgIpc) is 2.84. The van der Waals surface area contributed by atoms with Crippen LogP contribution in [0.2, 0.25) is 0 Å². The minimum Gasteiger partial charge on any atom is -0.504 e. The van der Waals surface area contributed by atoms with E-state index >= 15 is 0 Å². The van der Waals surface area contributed by atoms with Crippen molar-refractivity contribution in [2.45, 2.75) is 26.9 Å². The molecule has 0 fully saturated rings. The van der Waals surface area contributed by atoms with Crippen molar-refractivity contribution in [2.75, 3.05) is 13.6 Å². The van der Waals surface area contributed by atoms with Crippen LogP contribution in [-0.2, 0) is 13.1 Å². The second-order valence-electron chi connectivity index (χ2n) is 4.22. The predicted molar refractivity (Wildman–Crippen MR) is 72.6 cm³/mol. The number of aromatic hydroxyl groups is 1. The topological polar surface area (TPSA) is 67.1 Å². The van der Waals surface area contributed by atoms with Crippen LogP contribution < -0.4 is 0 Å². The molecule has 6 heteroatoms. The Hall–Kier alpha value is -1.95. The van der Waals surface area contributed by atoms with Crippen molar-refractivity contribution in [1.29, 1.82) is 0 Å². The van der Waals surface area contributed by atoms with E-state index in [2.05, 4.69) is 31.5 Å². The van der Waals surface area contributed by atoms with E-state index in [-0.39, 0.29) is 5.75 Å². The summed E-state index contributed by atoms with van der Waals surface area (Å²) >= 11 is 0. The highest BCUT2D eigenvalue weighted by Crippen LogP contribution is 2.26. The van der Waals surface area contributed by atoms with Gasteiger partial charge in [0.1, 0.15) is 6.33 Å². The molecule has 1 N–H and O–H groups in total. The summed E-state index contributed by atoms with van der Waals surface area (Å²) in [4.78, 5) is 14.4. The summed E-state index contributed by atoms with van der Waals surface area (Å²) in [6.45, 7) is 6.71. The van der Waals surface area contributed by atoms with Crippen molar-refractivity contribution in [1.82, 2.24) is 24.4 Å². The number of likely N-dealkylation sites (N-methyl/N-ethyl adjacent to an activating group) is 1. The van der Waals surface area contributed by atoms with Crippen molar-refractivity contribution >= 4 is 0 Å². The predicted octanol–water partition coefficient (Wildman–Crippen LogP) is 1.52. The van der Waals surface area contributed by atoms with Gasteiger partial charge in [-0.3, -0.25) is 4.90 Å². The third kappa shape index (κ3) is 2.58. The van der Waals surface area contributed by atoms with Crippen molar-refractivity contribution in [2.24, 2.45) is 0 Å². The van der Waals surface area contributed by atoms with Crippen LogP contribution in [0.3, 0.4) is 0 Å². The molecule has 2 aromatic heterocycles. The van der Waals surface area contributed by atoms with E-state index in [0.29, 0.717) is 11.5 Å². The number of imidazole rings is 1. The fourth-order valence-electron chi connectivity index (χ4n) is 2.10. The lowest BCUT2D eigenvalue weighted by molar-refractivity contribution is 0.271. The number of nitrogens with zero attached hydrogens (tertiary/aromatic N) is 5. The minimum absolute atomic E-state index is 0.0693.